The van der Waals surface area contributed by atoms with E-state index in [1.807, 2.05) is 26.0 Å². The highest BCUT2D eigenvalue weighted by Crippen LogP contribution is 2.49. The number of carboxylic acid groups (broad SMARTS) is 1. The number of hydrogen-bond donors (Lipinski definition) is 3. The Kier molecular flexibility index (Phi) is 13.8. The second-order valence-corrected chi connectivity index (χ2v) is 17.8. The van der Waals surface area contributed by atoms with Crippen LogP contribution in [-0.4, -0.2) is 103 Å². The third-order valence-electron chi connectivity index (χ3n) is 10.9. The van der Waals surface area contributed by atoms with E-state index in [1.54, 1.807) is 60.8 Å². The number of thiophene rings is 1. The Hall–Kier alpha value is -6.33. The van der Waals surface area contributed by atoms with Gasteiger partial charge in [0.2, 0.25) is 12.0 Å². The predicted octanol–water partition coefficient (Wildman–Crippen LogP) is 7.99. The number of benzene rings is 4. The predicted molar refractivity (Wildman–Crippen MR) is 244 cm³/mol. The first-order valence-electron chi connectivity index (χ1n) is 20.7. The number of aryl methyl sites for hydroxylation is 2. The fraction of sp³-hybridized carbons (Fsp3) is 0.255. The topological polar surface area (TPSA) is 190 Å². The van der Waals surface area contributed by atoms with Crippen molar-refractivity contribution in [2.45, 2.75) is 33.0 Å². The van der Waals surface area contributed by atoms with Crippen LogP contribution in [0, 0.1) is 19.7 Å². The number of likely N-dealkylation sites (N-methyl/N-ethyl adjacent to an activating group) is 1. The van der Waals surface area contributed by atoms with Gasteiger partial charge in [-0.15, -0.1) is 11.3 Å². The van der Waals surface area contributed by atoms with Gasteiger partial charge in [-0.1, -0.05) is 30.3 Å². The molecule has 0 bridgehead atoms. The number of carbonyl (C=O) groups is 1. The Balaban J connectivity index is 1.05. The number of phosphoric acid groups is 1. The van der Waals surface area contributed by atoms with Gasteiger partial charge in [0, 0.05) is 61.3 Å². The summed E-state index contributed by atoms with van der Waals surface area (Å²) in [4.78, 5) is 55.4. The molecular formula is C47H46FN6O9PS. The second-order valence-electron chi connectivity index (χ2n) is 15.6. The molecule has 3 aromatic heterocycles. The van der Waals surface area contributed by atoms with Gasteiger partial charge in [0.15, 0.2) is 5.82 Å². The first-order valence-corrected chi connectivity index (χ1v) is 23.1. The zero-order chi connectivity index (χ0) is 45.7. The smallest absolute Gasteiger partial charge is 0.492 e. The summed E-state index contributed by atoms with van der Waals surface area (Å²) >= 11 is 1.39. The Labute approximate surface area is 378 Å². The summed E-state index contributed by atoms with van der Waals surface area (Å²) < 4.78 is 49.0. The van der Waals surface area contributed by atoms with Crippen molar-refractivity contribution in [2.75, 3.05) is 46.4 Å². The Bertz CT molecular complexity index is 2830. The molecule has 1 saturated heterocycles. The summed E-state index contributed by atoms with van der Waals surface area (Å²) in [5.74, 6) is -0.0105. The number of phosphoric ester groups is 1. The lowest BCUT2D eigenvalue weighted by Crippen LogP contribution is -2.45. The number of nitrogens with zero attached hydrogens (tertiary/aromatic N) is 6. The van der Waals surface area contributed by atoms with Gasteiger partial charge < -0.3 is 28.7 Å². The van der Waals surface area contributed by atoms with E-state index in [2.05, 4.69) is 41.3 Å². The number of halogens is 1. The van der Waals surface area contributed by atoms with Gasteiger partial charge >= 0.3 is 13.8 Å². The molecule has 4 heterocycles. The van der Waals surface area contributed by atoms with E-state index in [0.717, 1.165) is 71.2 Å². The number of hydrogen-bond acceptors (Lipinski definition) is 13. The first-order chi connectivity index (χ1) is 31.3. The number of carboxylic acids is 1. The molecule has 1 aliphatic rings. The normalized spacial score (nSPS) is 14.0. The van der Waals surface area contributed by atoms with Gasteiger partial charge in [-0.3, -0.25) is 14.7 Å². The van der Waals surface area contributed by atoms with E-state index in [-0.39, 0.29) is 30.5 Å². The molecule has 1 atom stereocenters. The van der Waals surface area contributed by atoms with E-state index in [9.17, 15) is 18.9 Å². The van der Waals surface area contributed by atoms with Gasteiger partial charge in [-0.25, -0.2) is 33.7 Å². The molecule has 15 nitrogen and oxygen atoms in total. The van der Waals surface area contributed by atoms with Crippen LogP contribution in [0.2, 0.25) is 0 Å². The lowest BCUT2D eigenvalue weighted by atomic mass is 9.92. The SMILES string of the molecule is Cc1cc(OCCN2CCN(C)CC2)cc(C)c1-c1c(-c2ccc(F)cc2)sc2ncnc(O[C@H](Cc3ccccc3OCc3ccnc(-c4ccc(OP(=O)(O)O)cc4)n3)C(=O)O)c12. The largest absolute Gasteiger partial charge is 0.524 e. The second kappa shape index (κ2) is 19.8. The molecule has 0 spiro atoms. The first kappa shape index (κ1) is 45.2. The van der Waals surface area contributed by atoms with E-state index in [4.69, 9.17) is 24.0 Å². The maximum Gasteiger partial charge on any atom is 0.524 e. The Morgan fingerprint density at radius 2 is 1.57 bits per heavy atom. The lowest BCUT2D eigenvalue weighted by Gasteiger charge is -2.32. The molecule has 1 fully saturated rings. The van der Waals surface area contributed by atoms with E-state index in [1.165, 1.54) is 41.9 Å². The molecule has 4 aromatic carbocycles. The maximum absolute atomic E-state index is 14.2. The third-order valence-corrected chi connectivity index (χ3v) is 12.5. The number of ether oxygens (including phenoxy) is 3. The molecule has 7 aromatic rings. The number of rotatable bonds is 17. The Morgan fingerprint density at radius 3 is 2.28 bits per heavy atom. The minimum Gasteiger partial charge on any atom is -0.492 e. The number of aromatic nitrogens is 4. The molecule has 65 heavy (non-hydrogen) atoms. The maximum atomic E-state index is 14.2. The fourth-order valence-corrected chi connectivity index (χ4v) is 9.24. The molecule has 336 valence electrons. The van der Waals surface area contributed by atoms with Crippen molar-refractivity contribution in [3.8, 4) is 56.1 Å². The summed E-state index contributed by atoms with van der Waals surface area (Å²) in [6, 6.07) is 24.9. The summed E-state index contributed by atoms with van der Waals surface area (Å²) in [5.41, 5.74) is 5.87. The minimum absolute atomic E-state index is 0.00945. The molecule has 0 unspecified atom stereocenters. The van der Waals surface area contributed by atoms with Crippen molar-refractivity contribution < 1.29 is 47.4 Å². The summed E-state index contributed by atoms with van der Waals surface area (Å²) in [6.07, 6.45) is 1.42. The summed E-state index contributed by atoms with van der Waals surface area (Å²) in [5, 5.41) is 11.2. The van der Waals surface area contributed by atoms with E-state index >= 15 is 0 Å². The van der Waals surface area contributed by atoms with Gasteiger partial charge in [-0.05, 0) is 109 Å². The highest BCUT2D eigenvalue weighted by molar-refractivity contribution is 7.46. The quantitative estimate of drug-likeness (QED) is 0.0745. The van der Waals surface area contributed by atoms with Crippen LogP contribution in [0.1, 0.15) is 22.4 Å². The standard InChI is InChI=1S/C47H46FN6O9PS/c1-29-24-37(60-23-22-54-20-18-53(3)19-21-54)25-30(2)40(29)41-42-45(50-28-51-46(42)65-43(41)31-8-12-34(48)13-9-31)62-39(47(55)56)26-33-6-4-5-7-38(33)61-27-35-16-17-49-44(52-35)32-10-14-36(15-11-32)63-64(57,58)59/h4-17,24-25,28,39H,18-23,26-27H2,1-3H3,(H,55,56)(H2,57,58,59)/t39-/m1/s1. The van der Waals surface area contributed by atoms with Crippen molar-refractivity contribution in [3.05, 3.63) is 132 Å². The van der Waals surface area contributed by atoms with Crippen LogP contribution in [0.5, 0.6) is 23.1 Å². The van der Waals surface area contributed by atoms with Crippen molar-refractivity contribution in [2.24, 2.45) is 0 Å². The van der Waals surface area contributed by atoms with Gasteiger partial charge in [0.05, 0.1) is 11.1 Å². The van der Waals surface area contributed by atoms with Gasteiger partial charge in [0.1, 0.15) is 47.4 Å². The van der Waals surface area contributed by atoms with E-state index < -0.39 is 19.9 Å². The van der Waals surface area contributed by atoms with E-state index in [0.29, 0.717) is 45.2 Å². The molecule has 0 saturated carbocycles. The Morgan fingerprint density at radius 1 is 0.862 bits per heavy atom. The molecule has 0 aliphatic carbocycles. The average molecular weight is 921 g/mol. The molecule has 0 radical (unpaired) electrons. The van der Waals surface area contributed by atoms with Gasteiger partial charge in [-0.2, -0.15) is 0 Å². The highest BCUT2D eigenvalue weighted by atomic mass is 32.1. The third kappa shape index (κ3) is 11.1. The van der Waals surface area contributed by atoms with Crippen LogP contribution in [-0.2, 0) is 22.4 Å². The lowest BCUT2D eigenvalue weighted by molar-refractivity contribution is -0.145. The van der Waals surface area contributed by atoms with Crippen LogP contribution in [0.3, 0.4) is 0 Å². The molecule has 8 rings (SSSR count). The average Bonchev–Trinajstić information content (AvgIpc) is 3.66. The number of piperazine rings is 1. The zero-order valence-electron chi connectivity index (χ0n) is 35.8. The van der Waals surface area contributed by atoms with Crippen LogP contribution >= 0.6 is 19.2 Å². The van der Waals surface area contributed by atoms with Crippen molar-refractivity contribution >= 4 is 35.3 Å². The summed E-state index contributed by atoms with van der Waals surface area (Å²) in [6.45, 7) is 9.44. The van der Waals surface area contributed by atoms with Crippen LogP contribution < -0.4 is 18.7 Å². The molecule has 3 N–H and O–H groups in total. The molecular weight excluding hydrogens is 875 g/mol. The minimum atomic E-state index is -4.71. The number of para-hydroxylation sites is 1. The van der Waals surface area contributed by atoms with Gasteiger partial charge in [0.25, 0.3) is 0 Å². The zero-order valence-corrected chi connectivity index (χ0v) is 37.5. The van der Waals surface area contributed by atoms with Crippen LogP contribution in [0.4, 0.5) is 4.39 Å². The number of fused-ring (bicyclic) bond motifs is 1. The summed E-state index contributed by atoms with van der Waals surface area (Å²) in [7, 11) is -2.58. The fourth-order valence-electron chi connectivity index (χ4n) is 7.70. The van der Waals surface area contributed by atoms with Crippen molar-refractivity contribution in [1.82, 2.24) is 29.7 Å². The molecule has 1 aliphatic heterocycles. The monoisotopic (exact) mass is 920 g/mol. The van der Waals surface area contributed by atoms with Crippen molar-refractivity contribution in [3.63, 3.8) is 0 Å². The molecule has 18 heteroatoms. The molecule has 0 amide bonds. The highest BCUT2D eigenvalue weighted by Gasteiger charge is 2.29. The van der Waals surface area contributed by atoms with Crippen LogP contribution in [0.15, 0.2) is 104 Å². The number of aliphatic carboxylic acids is 1. The van der Waals surface area contributed by atoms with Crippen LogP contribution in [0.25, 0.3) is 43.2 Å². The van der Waals surface area contributed by atoms with Crippen molar-refractivity contribution in [1.29, 1.82) is 0 Å².